The Morgan fingerprint density at radius 1 is 1.11 bits per heavy atom. The third-order valence-corrected chi connectivity index (χ3v) is 4.40. The lowest BCUT2D eigenvalue weighted by atomic mass is 9.97. The van der Waals surface area contributed by atoms with Crippen LogP contribution in [0.1, 0.15) is 31.2 Å². The maximum atomic E-state index is 8.94. The number of aliphatic hydroxyl groups is 1. The standard InChI is InChI=1S/C15H22N2O/c16-12-9-14-5-6-15(10-12)17(14)13-3-1-11(2-4-13)7-8-18/h1-4,12,14-15,18H,5-10,16H2. The SMILES string of the molecule is NC1CC2CCC(C1)N2c1ccc(CCO)cc1. The molecule has 2 heterocycles. The Morgan fingerprint density at radius 3 is 2.28 bits per heavy atom. The molecule has 1 aromatic carbocycles. The van der Waals surface area contributed by atoms with Gasteiger partial charge in [0.2, 0.25) is 0 Å². The molecule has 3 nitrogen and oxygen atoms in total. The van der Waals surface area contributed by atoms with Crippen molar-refractivity contribution in [3.63, 3.8) is 0 Å². The molecule has 18 heavy (non-hydrogen) atoms. The van der Waals surface area contributed by atoms with Gasteiger partial charge >= 0.3 is 0 Å². The Hall–Kier alpha value is -1.06. The van der Waals surface area contributed by atoms with E-state index < -0.39 is 0 Å². The first kappa shape index (κ1) is 12.0. The zero-order chi connectivity index (χ0) is 12.5. The van der Waals surface area contributed by atoms with Crippen LogP contribution in [0.25, 0.3) is 0 Å². The lowest BCUT2D eigenvalue weighted by Crippen LogP contribution is -2.47. The van der Waals surface area contributed by atoms with Crippen LogP contribution in [-0.2, 0) is 6.42 Å². The van der Waals surface area contributed by atoms with E-state index in [2.05, 4.69) is 29.2 Å². The fraction of sp³-hybridized carbons (Fsp3) is 0.600. The molecular weight excluding hydrogens is 224 g/mol. The van der Waals surface area contributed by atoms with Gasteiger partial charge in [-0.3, -0.25) is 0 Å². The zero-order valence-electron chi connectivity index (χ0n) is 10.8. The summed E-state index contributed by atoms with van der Waals surface area (Å²) in [5.74, 6) is 0. The van der Waals surface area contributed by atoms with E-state index in [1.807, 2.05) is 0 Å². The molecule has 2 bridgehead atoms. The number of hydrogen-bond acceptors (Lipinski definition) is 3. The largest absolute Gasteiger partial charge is 0.396 e. The van der Waals surface area contributed by atoms with Crippen molar-refractivity contribution < 1.29 is 5.11 Å². The highest BCUT2D eigenvalue weighted by atomic mass is 16.2. The number of rotatable bonds is 3. The minimum absolute atomic E-state index is 0.225. The summed E-state index contributed by atoms with van der Waals surface area (Å²) >= 11 is 0. The van der Waals surface area contributed by atoms with E-state index in [-0.39, 0.29) is 6.61 Å². The molecule has 3 rings (SSSR count). The molecule has 0 radical (unpaired) electrons. The van der Waals surface area contributed by atoms with Crippen LogP contribution < -0.4 is 10.6 Å². The quantitative estimate of drug-likeness (QED) is 0.853. The number of nitrogens with two attached hydrogens (primary N) is 1. The van der Waals surface area contributed by atoms with Gasteiger partial charge in [-0.1, -0.05) is 12.1 Å². The van der Waals surface area contributed by atoms with Gasteiger partial charge in [-0.2, -0.15) is 0 Å². The summed E-state index contributed by atoms with van der Waals surface area (Å²) in [5.41, 5.74) is 8.65. The van der Waals surface area contributed by atoms with Crippen molar-refractivity contribution in [2.45, 2.75) is 50.2 Å². The summed E-state index contributed by atoms with van der Waals surface area (Å²) in [5, 5.41) is 8.94. The topological polar surface area (TPSA) is 49.5 Å². The minimum Gasteiger partial charge on any atom is -0.396 e. The molecular formula is C15H22N2O. The van der Waals surface area contributed by atoms with E-state index in [0.717, 1.165) is 19.3 Å². The fourth-order valence-electron chi connectivity index (χ4n) is 3.60. The predicted octanol–water partition coefficient (Wildman–Crippen LogP) is 1.68. The number of nitrogens with zero attached hydrogens (tertiary/aromatic N) is 1. The van der Waals surface area contributed by atoms with E-state index in [1.54, 1.807) is 0 Å². The van der Waals surface area contributed by atoms with Gasteiger partial charge in [-0.25, -0.2) is 0 Å². The van der Waals surface area contributed by atoms with Gasteiger partial charge in [0.25, 0.3) is 0 Å². The number of piperidine rings is 1. The highest BCUT2D eigenvalue weighted by Gasteiger charge is 2.39. The first-order valence-electron chi connectivity index (χ1n) is 7.01. The van der Waals surface area contributed by atoms with E-state index in [9.17, 15) is 0 Å². The zero-order valence-corrected chi connectivity index (χ0v) is 10.8. The summed E-state index contributed by atoms with van der Waals surface area (Å²) in [4.78, 5) is 2.58. The third-order valence-electron chi connectivity index (χ3n) is 4.40. The first-order chi connectivity index (χ1) is 8.78. The molecule has 1 aromatic rings. The normalized spacial score (nSPS) is 30.8. The van der Waals surface area contributed by atoms with Crippen molar-refractivity contribution in [1.29, 1.82) is 0 Å². The van der Waals surface area contributed by atoms with Crippen LogP contribution in [0, 0.1) is 0 Å². The molecule has 2 saturated heterocycles. The highest BCUT2D eigenvalue weighted by molar-refractivity contribution is 5.51. The number of hydrogen-bond donors (Lipinski definition) is 2. The van der Waals surface area contributed by atoms with Gasteiger partial charge in [0, 0.05) is 30.4 Å². The smallest absolute Gasteiger partial charge is 0.0471 e. The average Bonchev–Trinajstić information content (AvgIpc) is 2.64. The van der Waals surface area contributed by atoms with Crippen LogP contribution in [0.3, 0.4) is 0 Å². The Bertz CT molecular complexity index is 389. The maximum Gasteiger partial charge on any atom is 0.0471 e. The molecule has 0 aromatic heterocycles. The molecule has 3 N–H and O–H groups in total. The van der Waals surface area contributed by atoms with Gasteiger partial charge < -0.3 is 15.7 Å². The molecule has 2 aliphatic rings. The van der Waals surface area contributed by atoms with Gasteiger partial charge in [0.15, 0.2) is 0 Å². The lowest BCUT2D eigenvalue weighted by molar-refractivity contribution is 0.299. The fourth-order valence-corrected chi connectivity index (χ4v) is 3.60. The van der Waals surface area contributed by atoms with E-state index in [0.29, 0.717) is 18.1 Å². The summed E-state index contributed by atoms with van der Waals surface area (Å²) in [6.07, 6.45) is 5.59. The number of benzene rings is 1. The Labute approximate surface area is 109 Å². The molecule has 98 valence electrons. The van der Waals surface area contributed by atoms with E-state index >= 15 is 0 Å². The molecule has 2 unspecified atom stereocenters. The summed E-state index contributed by atoms with van der Waals surface area (Å²) in [7, 11) is 0. The second-order valence-electron chi connectivity index (χ2n) is 5.66. The summed E-state index contributed by atoms with van der Waals surface area (Å²) in [6, 6.07) is 10.4. The highest BCUT2D eigenvalue weighted by Crippen LogP contribution is 2.38. The van der Waals surface area contributed by atoms with Crippen molar-refractivity contribution in [2.24, 2.45) is 5.73 Å². The molecule has 2 aliphatic heterocycles. The van der Waals surface area contributed by atoms with Crippen LogP contribution >= 0.6 is 0 Å². The molecule has 0 saturated carbocycles. The van der Waals surface area contributed by atoms with Crippen LogP contribution in [0.2, 0.25) is 0 Å². The van der Waals surface area contributed by atoms with Crippen molar-refractivity contribution in [3.05, 3.63) is 29.8 Å². The first-order valence-corrected chi connectivity index (χ1v) is 7.01. The van der Waals surface area contributed by atoms with Crippen molar-refractivity contribution >= 4 is 5.69 Å². The molecule has 0 spiro atoms. The monoisotopic (exact) mass is 246 g/mol. The van der Waals surface area contributed by atoms with Gasteiger partial charge in [0.1, 0.15) is 0 Å². The van der Waals surface area contributed by atoms with Crippen LogP contribution in [0.4, 0.5) is 5.69 Å². The van der Waals surface area contributed by atoms with Crippen LogP contribution in [0.5, 0.6) is 0 Å². The second kappa shape index (κ2) is 4.90. The third kappa shape index (κ3) is 2.13. The Balaban J connectivity index is 1.78. The molecule has 0 aliphatic carbocycles. The molecule has 3 heteroatoms. The number of fused-ring (bicyclic) bond motifs is 2. The van der Waals surface area contributed by atoms with E-state index in [1.165, 1.54) is 24.1 Å². The second-order valence-corrected chi connectivity index (χ2v) is 5.66. The Morgan fingerprint density at radius 2 is 1.72 bits per heavy atom. The molecule has 2 fully saturated rings. The van der Waals surface area contributed by atoms with Gasteiger partial charge in [-0.15, -0.1) is 0 Å². The predicted molar refractivity (Wildman–Crippen MR) is 73.7 cm³/mol. The molecule has 0 amide bonds. The lowest BCUT2D eigenvalue weighted by Gasteiger charge is -2.39. The van der Waals surface area contributed by atoms with Gasteiger partial charge in [0.05, 0.1) is 0 Å². The van der Waals surface area contributed by atoms with Crippen molar-refractivity contribution in [2.75, 3.05) is 11.5 Å². The summed E-state index contributed by atoms with van der Waals surface area (Å²) < 4.78 is 0. The Kier molecular flexibility index (Phi) is 3.27. The van der Waals surface area contributed by atoms with Crippen LogP contribution in [-0.4, -0.2) is 29.8 Å². The van der Waals surface area contributed by atoms with Crippen molar-refractivity contribution in [3.8, 4) is 0 Å². The van der Waals surface area contributed by atoms with Crippen LogP contribution in [0.15, 0.2) is 24.3 Å². The summed E-state index contributed by atoms with van der Waals surface area (Å²) in [6.45, 7) is 0.225. The maximum absolute atomic E-state index is 8.94. The van der Waals surface area contributed by atoms with Gasteiger partial charge in [-0.05, 0) is 49.8 Å². The molecule has 2 atom stereocenters. The number of aliphatic hydroxyl groups excluding tert-OH is 1. The number of anilines is 1. The average molecular weight is 246 g/mol. The minimum atomic E-state index is 0.225. The van der Waals surface area contributed by atoms with Crippen molar-refractivity contribution in [1.82, 2.24) is 0 Å². The van der Waals surface area contributed by atoms with E-state index in [4.69, 9.17) is 10.8 Å².